The van der Waals surface area contributed by atoms with Crippen LogP contribution in [-0.4, -0.2) is 14.8 Å². The summed E-state index contributed by atoms with van der Waals surface area (Å²) in [7, 11) is 0. The van der Waals surface area contributed by atoms with E-state index in [1.807, 2.05) is 6.92 Å². The maximum atomic E-state index is 12.4. The van der Waals surface area contributed by atoms with E-state index in [1.165, 1.54) is 0 Å². The van der Waals surface area contributed by atoms with E-state index < -0.39 is 12.0 Å². The maximum Gasteiger partial charge on any atom is 0.451 e. The normalized spacial score (nSPS) is 12.1. The van der Waals surface area contributed by atoms with Gasteiger partial charge in [0.05, 0.1) is 0 Å². The molecule has 3 nitrogen and oxygen atoms in total. The van der Waals surface area contributed by atoms with E-state index >= 15 is 0 Å². The van der Waals surface area contributed by atoms with Gasteiger partial charge in [-0.25, -0.2) is 0 Å². The van der Waals surface area contributed by atoms with Crippen molar-refractivity contribution >= 4 is 0 Å². The Labute approximate surface area is 79.9 Å². The van der Waals surface area contributed by atoms with E-state index in [9.17, 15) is 13.2 Å². The highest BCUT2D eigenvalue weighted by Crippen LogP contribution is 2.28. The number of hydrogen-bond donors (Lipinski definition) is 0. The zero-order chi connectivity index (χ0) is 10.8. The van der Waals surface area contributed by atoms with Crippen molar-refractivity contribution in [3.05, 3.63) is 11.6 Å². The quantitative estimate of drug-likeness (QED) is 0.761. The summed E-state index contributed by atoms with van der Waals surface area (Å²) < 4.78 is 38.3. The molecule has 0 aliphatic carbocycles. The third-order valence-corrected chi connectivity index (χ3v) is 1.84. The summed E-state index contributed by atoms with van der Waals surface area (Å²) in [5.74, 6) is -0.504. The minimum Gasteiger partial charge on any atom is -0.307 e. The van der Waals surface area contributed by atoms with Crippen LogP contribution >= 0.6 is 0 Å². The summed E-state index contributed by atoms with van der Waals surface area (Å²) in [6.07, 6.45) is -3.31. The van der Waals surface area contributed by atoms with Crippen LogP contribution in [0.25, 0.3) is 0 Å². The molecule has 0 bridgehead atoms. The van der Waals surface area contributed by atoms with Gasteiger partial charge in [-0.15, -0.1) is 10.2 Å². The molecule has 0 aromatic carbocycles. The molecule has 0 saturated carbocycles. The van der Waals surface area contributed by atoms with Gasteiger partial charge in [-0.2, -0.15) is 13.2 Å². The predicted molar refractivity (Wildman–Crippen MR) is 44.7 cm³/mol. The monoisotopic (exact) mass is 207 g/mol. The van der Waals surface area contributed by atoms with Crippen LogP contribution in [0.15, 0.2) is 0 Å². The summed E-state index contributed by atoms with van der Waals surface area (Å²) in [5.41, 5.74) is 0. The third kappa shape index (κ3) is 2.05. The highest BCUT2D eigenvalue weighted by Gasteiger charge is 2.37. The van der Waals surface area contributed by atoms with Gasteiger partial charge in [-0.05, 0) is 6.42 Å². The van der Waals surface area contributed by atoms with Crippen molar-refractivity contribution in [2.45, 2.75) is 39.4 Å². The van der Waals surface area contributed by atoms with Crippen molar-refractivity contribution in [2.24, 2.45) is 0 Å². The molecule has 14 heavy (non-hydrogen) atoms. The van der Waals surface area contributed by atoms with Crippen LogP contribution in [0, 0.1) is 0 Å². The Bertz CT molecular complexity index is 303. The number of halogens is 3. The lowest BCUT2D eigenvalue weighted by Crippen LogP contribution is -2.16. The highest BCUT2D eigenvalue weighted by atomic mass is 19.4. The first-order valence-corrected chi connectivity index (χ1v) is 4.50. The van der Waals surface area contributed by atoms with Crippen LogP contribution in [0.5, 0.6) is 0 Å². The van der Waals surface area contributed by atoms with Crippen molar-refractivity contribution in [3.63, 3.8) is 0 Å². The third-order valence-electron chi connectivity index (χ3n) is 1.84. The molecule has 1 aromatic rings. The Balaban J connectivity index is 3.10. The fourth-order valence-electron chi connectivity index (χ4n) is 1.27. The van der Waals surface area contributed by atoms with Crippen molar-refractivity contribution in [2.75, 3.05) is 0 Å². The lowest BCUT2D eigenvalue weighted by Gasteiger charge is -2.09. The van der Waals surface area contributed by atoms with E-state index in [0.717, 1.165) is 4.57 Å². The van der Waals surface area contributed by atoms with E-state index in [1.54, 1.807) is 6.92 Å². The van der Waals surface area contributed by atoms with E-state index in [0.29, 0.717) is 25.2 Å². The summed E-state index contributed by atoms with van der Waals surface area (Å²) >= 11 is 0. The highest BCUT2D eigenvalue weighted by molar-refractivity contribution is 4.99. The van der Waals surface area contributed by atoms with Gasteiger partial charge >= 0.3 is 6.18 Å². The van der Waals surface area contributed by atoms with Crippen molar-refractivity contribution in [3.8, 4) is 0 Å². The Morgan fingerprint density at radius 3 is 2.29 bits per heavy atom. The first kappa shape index (κ1) is 11.0. The second-order valence-corrected chi connectivity index (χ2v) is 2.94. The topological polar surface area (TPSA) is 30.7 Å². The zero-order valence-corrected chi connectivity index (χ0v) is 8.10. The average Bonchev–Trinajstić information content (AvgIpc) is 2.47. The van der Waals surface area contributed by atoms with E-state index in [-0.39, 0.29) is 0 Å². The lowest BCUT2D eigenvalue weighted by molar-refractivity contribution is -0.147. The van der Waals surface area contributed by atoms with Crippen molar-refractivity contribution in [1.29, 1.82) is 0 Å². The number of alkyl halides is 3. The van der Waals surface area contributed by atoms with Gasteiger partial charge in [0, 0.05) is 13.0 Å². The molecule has 0 aliphatic heterocycles. The van der Waals surface area contributed by atoms with Crippen LogP contribution in [0.2, 0.25) is 0 Å². The molecule has 0 N–H and O–H groups in total. The van der Waals surface area contributed by atoms with Gasteiger partial charge in [-0.1, -0.05) is 13.8 Å². The molecule has 1 heterocycles. The summed E-state index contributed by atoms with van der Waals surface area (Å²) in [4.78, 5) is 0. The number of aromatic nitrogens is 3. The standard InChI is InChI=1S/C8H12F3N3/c1-3-5-14-6(4-2)12-13-7(14)8(9,10)11/h3-5H2,1-2H3. The van der Waals surface area contributed by atoms with Gasteiger partial charge in [0.15, 0.2) is 0 Å². The van der Waals surface area contributed by atoms with Crippen molar-refractivity contribution < 1.29 is 13.2 Å². The number of hydrogen-bond acceptors (Lipinski definition) is 2. The van der Waals surface area contributed by atoms with Gasteiger partial charge in [0.25, 0.3) is 0 Å². The molecule has 0 saturated heterocycles. The molecule has 0 fully saturated rings. The first-order chi connectivity index (χ1) is 6.50. The largest absolute Gasteiger partial charge is 0.451 e. The van der Waals surface area contributed by atoms with Gasteiger partial charge in [0.2, 0.25) is 5.82 Å². The number of nitrogens with zero attached hydrogens (tertiary/aromatic N) is 3. The first-order valence-electron chi connectivity index (χ1n) is 4.50. The summed E-state index contributed by atoms with van der Waals surface area (Å²) in [5, 5.41) is 6.68. The molecule has 6 heteroatoms. The molecule has 0 radical (unpaired) electrons. The fraction of sp³-hybridized carbons (Fsp3) is 0.750. The van der Waals surface area contributed by atoms with Crippen LogP contribution in [-0.2, 0) is 19.1 Å². The Morgan fingerprint density at radius 2 is 1.86 bits per heavy atom. The van der Waals surface area contributed by atoms with Crippen LogP contribution in [0.4, 0.5) is 13.2 Å². The minimum atomic E-state index is -4.41. The van der Waals surface area contributed by atoms with E-state index in [2.05, 4.69) is 10.2 Å². The molecular formula is C8H12F3N3. The Kier molecular flexibility index (Phi) is 3.13. The molecule has 0 aliphatic rings. The SMILES string of the molecule is CCCn1c(CC)nnc1C(F)(F)F. The molecule has 80 valence electrons. The average molecular weight is 207 g/mol. The van der Waals surface area contributed by atoms with Gasteiger partial charge in [-0.3, -0.25) is 0 Å². The van der Waals surface area contributed by atoms with Crippen LogP contribution in [0.3, 0.4) is 0 Å². The number of rotatable bonds is 3. The summed E-state index contributed by atoms with van der Waals surface area (Å²) in [6, 6.07) is 0. The smallest absolute Gasteiger partial charge is 0.307 e. The molecule has 0 spiro atoms. The summed E-state index contributed by atoms with van der Waals surface area (Å²) in [6.45, 7) is 3.89. The van der Waals surface area contributed by atoms with Gasteiger partial charge in [0.1, 0.15) is 5.82 Å². The maximum absolute atomic E-state index is 12.4. The fourth-order valence-corrected chi connectivity index (χ4v) is 1.27. The second-order valence-electron chi connectivity index (χ2n) is 2.94. The molecule has 0 unspecified atom stereocenters. The van der Waals surface area contributed by atoms with Crippen LogP contribution in [0.1, 0.15) is 31.9 Å². The molecular weight excluding hydrogens is 195 g/mol. The van der Waals surface area contributed by atoms with E-state index in [4.69, 9.17) is 0 Å². The Hall–Kier alpha value is -1.07. The van der Waals surface area contributed by atoms with Gasteiger partial charge < -0.3 is 4.57 Å². The second kappa shape index (κ2) is 3.98. The van der Waals surface area contributed by atoms with Crippen molar-refractivity contribution in [1.82, 2.24) is 14.8 Å². The molecule has 0 amide bonds. The minimum absolute atomic E-state index is 0.311. The Morgan fingerprint density at radius 1 is 1.21 bits per heavy atom. The number of aryl methyl sites for hydroxylation is 1. The lowest BCUT2D eigenvalue weighted by atomic mass is 10.4. The molecule has 1 rings (SSSR count). The predicted octanol–water partition coefficient (Wildman–Crippen LogP) is 2.27. The molecule has 1 aromatic heterocycles. The van der Waals surface area contributed by atoms with Crippen LogP contribution < -0.4 is 0 Å². The molecule has 0 atom stereocenters. The zero-order valence-electron chi connectivity index (χ0n) is 8.10.